The van der Waals surface area contributed by atoms with Gasteiger partial charge in [0.1, 0.15) is 11.6 Å². The first kappa shape index (κ1) is 22.6. The van der Waals surface area contributed by atoms with Crippen LogP contribution >= 0.6 is 0 Å². The van der Waals surface area contributed by atoms with E-state index in [0.717, 1.165) is 44.1 Å². The normalized spacial score (nSPS) is 14.4. The quantitative estimate of drug-likeness (QED) is 0.571. The first-order valence-corrected chi connectivity index (χ1v) is 11.2. The molecule has 0 radical (unpaired) electrons. The summed E-state index contributed by atoms with van der Waals surface area (Å²) in [5.41, 5.74) is 1.23. The molecule has 1 aliphatic rings. The summed E-state index contributed by atoms with van der Waals surface area (Å²) in [5, 5.41) is 6.06. The summed E-state index contributed by atoms with van der Waals surface area (Å²) in [6.07, 6.45) is 2.35. The van der Waals surface area contributed by atoms with Crippen LogP contribution in [0.3, 0.4) is 0 Å². The van der Waals surface area contributed by atoms with Crippen molar-refractivity contribution in [2.24, 2.45) is 5.92 Å². The zero-order valence-electron chi connectivity index (χ0n) is 19.3. The third kappa shape index (κ3) is 6.23. The lowest BCUT2D eigenvalue weighted by atomic mass is 10.1. The van der Waals surface area contributed by atoms with Crippen molar-refractivity contribution < 1.29 is 4.79 Å². The Hall–Kier alpha value is -3.59. The molecule has 4 rings (SSSR count). The van der Waals surface area contributed by atoms with Gasteiger partial charge in [-0.3, -0.25) is 4.79 Å². The number of hydrogen-bond donors (Lipinski definition) is 2. The minimum absolute atomic E-state index is 0.207. The molecular formula is C24H30N8O. The van der Waals surface area contributed by atoms with E-state index in [1.165, 1.54) is 0 Å². The lowest BCUT2D eigenvalue weighted by Gasteiger charge is -2.32. The van der Waals surface area contributed by atoms with Crippen molar-refractivity contribution in [3.63, 3.8) is 0 Å². The van der Waals surface area contributed by atoms with Crippen LogP contribution in [-0.2, 0) is 6.42 Å². The van der Waals surface area contributed by atoms with E-state index in [1.807, 2.05) is 30.3 Å². The van der Waals surface area contributed by atoms with Gasteiger partial charge in [0.2, 0.25) is 11.9 Å². The number of benzene rings is 1. The van der Waals surface area contributed by atoms with Gasteiger partial charge in [-0.2, -0.15) is 15.0 Å². The number of aromatic nitrogens is 4. The molecule has 0 spiro atoms. The molecule has 2 aromatic heterocycles. The van der Waals surface area contributed by atoms with Crippen molar-refractivity contribution in [2.75, 3.05) is 48.8 Å². The molecule has 1 aromatic carbocycles. The molecule has 33 heavy (non-hydrogen) atoms. The summed E-state index contributed by atoms with van der Waals surface area (Å²) in [5.74, 6) is 2.57. The van der Waals surface area contributed by atoms with E-state index >= 15 is 0 Å². The zero-order valence-corrected chi connectivity index (χ0v) is 19.3. The van der Waals surface area contributed by atoms with Crippen molar-refractivity contribution in [1.82, 2.24) is 24.8 Å². The fraction of sp³-hybridized carbons (Fsp3) is 0.375. The van der Waals surface area contributed by atoms with Crippen LogP contribution in [0.4, 0.5) is 23.4 Å². The highest BCUT2D eigenvalue weighted by Gasteiger charge is 2.19. The second-order valence-corrected chi connectivity index (χ2v) is 8.64. The number of hydrogen-bond acceptors (Lipinski definition) is 8. The number of piperazine rings is 1. The van der Waals surface area contributed by atoms with E-state index in [1.54, 1.807) is 18.3 Å². The van der Waals surface area contributed by atoms with Crippen LogP contribution < -0.4 is 15.5 Å². The second-order valence-electron chi connectivity index (χ2n) is 8.64. The Morgan fingerprint density at radius 3 is 2.52 bits per heavy atom. The number of anilines is 4. The summed E-state index contributed by atoms with van der Waals surface area (Å²) >= 11 is 0. The van der Waals surface area contributed by atoms with Gasteiger partial charge in [0.25, 0.3) is 5.91 Å². The first-order chi connectivity index (χ1) is 16.0. The Bertz CT molecular complexity index is 1080. The van der Waals surface area contributed by atoms with Gasteiger partial charge in [-0.05, 0) is 37.2 Å². The average Bonchev–Trinajstić information content (AvgIpc) is 2.80. The van der Waals surface area contributed by atoms with Gasteiger partial charge in [-0.25, -0.2) is 4.98 Å². The summed E-state index contributed by atoms with van der Waals surface area (Å²) in [6, 6.07) is 12.7. The third-order valence-electron chi connectivity index (χ3n) is 5.34. The number of carbonyl (C=O) groups is 1. The van der Waals surface area contributed by atoms with Crippen molar-refractivity contribution in [1.29, 1.82) is 0 Å². The number of amides is 1. The predicted octanol–water partition coefficient (Wildman–Crippen LogP) is 3.21. The summed E-state index contributed by atoms with van der Waals surface area (Å²) in [4.78, 5) is 35.5. The van der Waals surface area contributed by atoms with Gasteiger partial charge in [0.05, 0.1) is 0 Å². The van der Waals surface area contributed by atoms with E-state index in [9.17, 15) is 4.79 Å². The summed E-state index contributed by atoms with van der Waals surface area (Å²) < 4.78 is 0. The average molecular weight is 447 g/mol. The van der Waals surface area contributed by atoms with Crippen LogP contribution in [0.1, 0.15) is 30.0 Å². The molecule has 0 aliphatic carbocycles. The maximum atomic E-state index is 12.7. The number of nitrogens with zero attached hydrogens (tertiary/aromatic N) is 6. The number of pyridine rings is 1. The van der Waals surface area contributed by atoms with Crippen molar-refractivity contribution in [2.45, 2.75) is 20.3 Å². The van der Waals surface area contributed by atoms with E-state index in [0.29, 0.717) is 29.2 Å². The van der Waals surface area contributed by atoms with E-state index in [4.69, 9.17) is 4.98 Å². The SMILES string of the molecule is CC(C)Cc1nc(Nc2cc(C(=O)Nc3ccccc3)ccn2)nc(N2CCN(C)CC2)n1. The molecule has 0 atom stereocenters. The largest absolute Gasteiger partial charge is 0.338 e. The Morgan fingerprint density at radius 1 is 1.03 bits per heavy atom. The summed E-state index contributed by atoms with van der Waals surface area (Å²) in [7, 11) is 2.12. The smallest absolute Gasteiger partial charge is 0.255 e. The predicted molar refractivity (Wildman–Crippen MR) is 130 cm³/mol. The van der Waals surface area contributed by atoms with Crippen molar-refractivity contribution >= 4 is 29.3 Å². The molecule has 9 nitrogen and oxygen atoms in total. The summed E-state index contributed by atoms with van der Waals surface area (Å²) in [6.45, 7) is 7.96. The van der Waals surface area contributed by atoms with Crippen molar-refractivity contribution in [3.8, 4) is 0 Å². The maximum Gasteiger partial charge on any atom is 0.255 e. The first-order valence-electron chi connectivity index (χ1n) is 11.2. The number of nitrogens with one attached hydrogen (secondary N) is 2. The maximum absolute atomic E-state index is 12.7. The fourth-order valence-corrected chi connectivity index (χ4v) is 3.55. The molecule has 1 amide bonds. The number of rotatable bonds is 7. The molecule has 3 heterocycles. The van der Waals surface area contributed by atoms with Crippen LogP contribution in [0.25, 0.3) is 0 Å². The zero-order chi connectivity index (χ0) is 23.2. The highest BCUT2D eigenvalue weighted by Crippen LogP contribution is 2.19. The molecule has 9 heteroatoms. The molecule has 0 saturated carbocycles. The lowest BCUT2D eigenvalue weighted by Crippen LogP contribution is -2.45. The minimum atomic E-state index is -0.207. The Labute approximate surface area is 194 Å². The molecule has 1 aliphatic heterocycles. The molecule has 1 saturated heterocycles. The third-order valence-corrected chi connectivity index (χ3v) is 5.34. The number of carbonyl (C=O) groups excluding carboxylic acids is 1. The Morgan fingerprint density at radius 2 is 1.79 bits per heavy atom. The van der Waals surface area contributed by atoms with E-state index < -0.39 is 0 Å². The number of para-hydroxylation sites is 1. The van der Waals surface area contributed by atoms with E-state index in [-0.39, 0.29) is 5.91 Å². The number of likely N-dealkylation sites (N-methyl/N-ethyl adjacent to an activating group) is 1. The fourth-order valence-electron chi connectivity index (χ4n) is 3.55. The second kappa shape index (κ2) is 10.4. The molecule has 3 aromatic rings. The molecule has 172 valence electrons. The van der Waals surface area contributed by atoms with E-state index in [2.05, 4.69) is 56.3 Å². The molecule has 1 fully saturated rings. The van der Waals surface area contributed by atoms with Gasteiger partial charge in [0.15, 0.2) is 0 Å². The monoisotopic (exact) mass is 446 g/mol. The highest BCUT2D eigenvalue weighted by molar-refractivity contribution is 6.04. The van der Waals surface area contributed by atoms with Crippen molar-refractivity contribution in [3.05, 3.63) is 60.0 Å². The topological polar surface area (TPSA) is 99.2 Å². The van der Waals surface area contributed by atoms with Gasteiger partial charge in [0, 0.05) is 50.0 Å². The highest BCUT2D eigenvalue weighted by atomic mass is 16.1. The minimum Gasteiger partial charge on any atom is -0.338 e. The van der Waals surface area contributed by atoms with Gasteiger partial charge in [-0.15, -0.1) is 0 Å². The molecular weight excluding hydrogens is 416 g/mol. The van der Waals surface area contributed by atoms with Crippen LogP contribution in [0.15, 0.2) is 48.7 Å². The molecule has 0 bridgehead atoms. The van der Waals surface area contributed by atoms with Crippen LogP contribution in [0.5, 0.6) is 0 Å². The lowest BCUT2D eigenvalue weighted by molar-refractivity contribution is 0.102. The van der Waals surface area contributed by atoms with Gasteiger partial charge in [-0.1, -0.05) is 32.0 Å². The Kier molecular flexibility index (Phi) is 7.09. The van der Waals surface area contributed by atoms with Crippen LogP contribution in [-0.4, -0.2) is 64.0 Å². The van der Waals surface area contributed by atoms with Gasteiger partial charge < -0.3 is 20.4 Å². The Balaban J connectivity index is 1.54. The molecule has 0 unspecified atom stereocenters. The van der Waals surface area contributed by atoms with Gasteiger partial charge >= 0.3 is 0 Å². The standard InChI is InChI=1S/C24H30N8O/c1-17(2)15-21-28-23(30-24(29-21)32-13-11-31(3)12-14-32)27-20-16-18(9-10-25-20)22(33)26-19-7-5-4-6-8-19/h4-10,16-17H,11-15H2,1-3H3,(H,26,33)(H,25,27,28,29,30). The van der Waals surface area contributed by atoms with Crippen LogP contribution in [0, 0.1) is 5.92 Å². The van der Waals surface area contributed by atoms with Crippen LogP contribution in [0.2, 0.25) is 0 Å². The molecule has 2 N–H and O–H groups in total.